The van der Waals surface area contributed by atoms with Crippen molar-refractivity contribution in [3.63, 3.8) is 0 Å². The van der Waals surface area contributed by atoms with Crippen LogP contribution in [0.3, 0.4) is 0 Å². The molecule has 1 rings (SSSR count). The third-order valence-electron chi connectivity index (χ3n) is 0.981. The number of nitrogens with zero attached hydrogens (tertiary/aromatic N) is 1. The number of halogens is 1. The van der Waals surface area contributed by atoms with E-state index in [1.54, 1.807) is 0 Å². The third-order valence-corrected chi connectivity index (χ3v) is 3.08. The normalized spacial score (nSPS) is 14.0. The molecule has 1 N–H and O–H groups in total. The van der Waals surface area contributed by atoms with Gasteiger partial charge in [0, 0.05) is 0 Å². The minimum atomic E-state index is -6.01. The predicted molar refractivity (Wildman–Crippen MR) is 43.3 cm³/mol. The van der Waals surface area contributed by atoms with E-state index in [4.69, 9.17) is 14.2 Å². The topological polar surface area (TPSA) is 67.3 Å². The van der Waals surface area contributed by atoms with E-state index in [9.17, 15) is 7.61 Å². The van der Waals surface area contributed by atoms with Crippen LogP contribution in [-0.4, -0.2) is 26.5 Å². The molecule has 1 heterocycles. The zero-order valence-electron chi connectivity index (χ0n) is 5.31. The first-order chi connectivity index (χ1) is 4.86. The standard InChI is InChI=1S/C5H4N.Al.ClH.Cr.H2O.2O.3H/c1-2-4-6-5-3-1;;;;;;;;;/h1-4H;;1H;;1H2;;;;;/q;;;+2;;;;;;/p-2. The zero-order valence-corrected chi connectivity index (χ0v) is 7.34. The van der Waals surface area contributed by atoms with Crippen molar-refractivity contribution in [1.29, 1.82) is 0 Å². The van der Waals surface area contributed by atoms with Crippen LogP contribution in [0.15, 0.2) is 24.4 Å². The van der Waals surface area contributed by atoms with E-state index in [0.717, 1.165) is 6.07 Å². The Morgan fingerprint density at radius 3 is 2.25 bits per heavy atom. The van der Waals surface area contributed by atoms with Crippen LogP contribution in [0.2, 0.25) is 0 Å². The number of aromatic nitrogens is 1. The van der Waals surface area contributed by atoms with E-state index >= 15 is 0 Å². The summed E-state index contributed by atoms with van der Waals surface area (Å²) in [6.07, 6.45) is 1.24. The molecule has 0 saturated heterocycles. The molecule has 0 bridgehead atoms. The first-order valence-corrected chi connectivity index (χ1v) is 6.65. The van der Waals surface area contributed by atoms with Gasteiger partial charge in [0.2, 0.25) is 0 Å². The van der Waals surface area contributed by atoms with Crippen LogP contribution in [0, 0.1) is 0 Å². The molecule has 0 atom stereocenters. The molecular formula is C5H8AlClCrNO3. The van der Waals surface area contributed by atoms with Gasteiger partial charge in [0.15, 0.2) is 17.4 Å². The van der Waals surface area contributed by atoms with E-state index in [0.29, 0.717) is 0 Å². The van der Waals surface area contributed by atoms with Crippen LogP contribution in [0.1, 0.15) is 0 Å². The van der Waals surface area contributed by atoms with E-state index in [-0.39, 0.29) is 17.4 Å². The quantitative estimate of drug-likeness (QED) is 0.641. The molecule has 0 fully saturated rings. The number of hydrogen-bond donors (Lipinski definition) is 1. The Balaban J connectivity index is 0.00000121. The van der Waals surface area contributed by atoms with Crippen LogP contribution < -0.4 is 4.56 Å². The zero-order chi connectivity index (χ0) is 8.56. The molecule has 0 saturated carbocycles. The first-order valence-electron chi connectivity index (χ1n) is 2.64. The molecule has 0 unspecified atom stereocenters. The Morgan fingerprint density at radius 2 is 2.00 bits per heavy atom. The van der Waals surface area contributed by atoms with Crippen molar-refractivity contribution in [2.24, 2.45) is 0 Å². The Hall–Kier alpha value is 0.0649. The number of pyridine rings is 1. The summed E-state index contributed by atoms with van der Waals surface area (Å²) in [5.74, 6) is 0. The van der Waals surface area contributed by atoms with Gasteiger partial charge in [-0.2, -0.15) is 0 Å². The van der Waals surface area contributed by atoms with Crippen LogP contribution >= 0.6 is 10.0 Å². The molecule has 1 aromatic heterocycles. The fraction of sp³-hybridized carbons (Fsp3) is 0. The fourth-order valence-electron chi connectivity index (χ4n) is 0.545. The second-order valence-electron chi connectivity index (χ2n) is 1.92. The average Bonchev–Trinajstić information content (AvgIpc) is 1.86. The Kier molecular flexibility index (Phi) is 3.45. The van der Waals surface area contributed by atoms with Crippen molar-refractivity contribution in [2.75, 3.05) is 0 Å². The summed E-state index contributed by atoms with van der Waals surface area (Å²) in [4.78, 5) is 3.39. The molecule has 12 heavy (non-hydrogen) atoms. The van der Waals surface area contributed by atoms with Gasteiger partial charge < -0.3 is 0 Å². The van der Waals surface area contributed by atoms with Gasteiger partial charge in [-0.3, -0.25) is 0 Å². The van der Waals surface area contributed by atoms with Crippen molar-refractivity contribution >= 4 is 32.0 Å². The Labute approximate surface area is 84.3 Å². The van der Waals surface area contributed by atoms with Gasteiger partial charge in [0.1, 0.15) is 0 Å². The summed E-state index contributed by atoms with van der Waals surface area (Å²) >= 11 is -6.01. The van der Waals surface area contributed by atoms with E-state index < -0.39 is 15.8 Å². The van der Waals surface area contributed by atoms with Crippen LogP contribution in [0.4, 0.5) is 0 Å². The molecule has 1 aromatic rings. The molecule has 67 valence electrons. The summed E-state index contributed by atoms with van der Waals surface area (Å²) in [7, 11) is 4.86. The summed E-state index contributed by atoms with van der Waals surface area (Å²) < 4.78 is 29.7. The van der Waals surface area contributed by atoms with Crippen molar-refractivity contribution in [2.45, 2.75) is 0 Å². The summed E-state index contributed by atoms with van der Waals surface area (Å²) in [5, 5.41) is 0. The summed E-state index contributed by atoms with van der Waals surface area (Å²) in [6, 6.07) is 4.08. The Bertz CT molecular complexity index is 376. The maximum absolute atomic E-state index is 10.8. The maximum atomic E-state index is 10.8. The average molecular weight is 245 g/mol. The monoisotopic (exact) mass is 244 g/mol. The molecular weight excluding hydrogens is 236 g/mol. The molecule has 0 aliphatic carbocycles. The van der Waals surface area contributed by atoms with Gasteiger partial charge in [-0.1, -0.05) is 0 Å². The molecule has 4 nitrogen and oxygen atoms in total. The molecule has 0 aliphatic heterocycles. The molecule has 0 radical (unpaired) electrons. The first kappa shape index (κ1) is 12.1. The number of rotatable bonds is 1. The molecule has 0 amide bonds. The van der Waals surface area contributed by atoms with Crippen molar-refractivity contribution in [3.05, 3.63) is 24.4 Å². The van der Waals surface area contributed by atoms with Crippen LogP contribution in [-0.2, 0) is 18.9 Å². The van der Waals surface area contributed by atoms with E-state index in [1.807, 2.05) is 0 Å². The van der Waals surface area contributed by atoms with Gasteiger partial charge in [0.25, 0.3) is 0 Å². The second kappa shape index (κ2) is 3.43. The van der Waals surface area contributed by atoms with E-state index in [2.05, 4.69) is 4.98 Å². The second-order valence-corrected chi connectivity index (χ2v) is 7.15. The van der Waals surface area contributed by atoms with Gasteiger partial charge in [-0.25, -0.2) is 0 Å². The van der Waals surface area contributed by atoms with Crippen molar-refractivity contribution in [3.8, 4) is 0 Å². The van der Waals surface area contributed by atoms with Gasteiger partial charge >= 0.3 is 67.0 Å². The Morgan fingerprint density at radius 1 is 1.42 bits per heavy atom. The van der Waals surface area contributed by atoms with Crippen LogP contribution in [0.5, 0.6) is 0 Å². The van der Waals surface area contributed by atoms with Crippen molar-refractivity contribution in [1.82, 2.24) is 4.98 Å². The fourth-order valence-corrected chi connectivity index (χ4v) is 1.76. The molecule has 0 spiro atoms. The van der Waals surface area contributed by atoms with Gasteiger partial charge in [0.05, 0.1) is 0 Å². The molecule has 0 aliphatic rings. The summed E-state index contributed by atoms with van der Waals surface area (Å²) in [5.41, 5.74) is 0. The number of hydrogen-bond acceptors (Lipinski definition) is 3. The SMILES string of the molecule is [AlH3].[O]=[Cr](=[O])([OH])([Cl])[c]1ccccn1. The van der Waals surface area contributed by atoms with Crippen LogP contribution in [0.25, 0.3) is 0 Å². The summed E-state index contributed by atoms with van der Waals surface area (Å²) in [6.45, 7) is 0. The third kappa shape index (κ3) is 3.20. The van der Waals surface area contributed by atoms with Gasteiger partial charge in [-0.05, 0) is 0 Å². The minimum absolute atomic E-state index is 0. The molecule has 0 aromatic carbocycles. The molecule has 7 heteroatoms. The van der Waals surface area contributed by atoms with Crippen molar-refractivity contribution < 1.29 is 23.1 Å². The van der Waals surface area contributed by atoms with E-state index in [1.165, 1.54) is 18.3 Å². The predicted octanol–water partition coefficient (Wildman–Crippen LogP) is -1.04. The van der Waals surface area contributed by atoms with Gasteiger partial charge in [-0.15, -0.1) is 0 Å².